The summed E-state index contributed by atoms with van der Waals surface area (Å²) in [5.41, 5.74) is 1.00. The van der Waals surface area contributed by atoms with E-state index in [4.69, 9.17) is 14.6 Å². The Morgan fingerprint density at radius 3 is 2.91 bits per heavy atom. The number of ether oxygens (including phenoxy) is 2. The first kappa shape index (κ1) is 16.9. The Bertz CT molecular complexity index is 716. The molecule has 0 unspecified atom stereocenters. The van der Waals surface area contributed by atoms with Crippen LogP contribution < -0.4 is 9.47 Å². The second kappa shape index (κ2) is 7.73. The Balaban J connectivity index is 2.06. The number of nitrogens with zero attached hydrogens (tertiary/aromatic N) is 3. The molecule has 0 atom stereocenters. The van der Waals surface area contributed by atoms with Crippen molar-refractivity contribution in [3.63, 3.8) is 0 Å². The van der Waals surface area contributed by atoms with Crippen molar-refractivity contribution >= 4 is 28.2 Å². The molecular weight excluding hydrogens is 370 g/mol. The zero-order valence-corrected chi connectivity index (χ0v) is 13.8. The van der Waals surface area contributed by atoms with Crippen molar-refractivity contribution < 1.29 is 24.2 Å². The van der Waals surface area contributed by atoms with E-state index >= 15 is 0 Å². The standard InChI is InChI=1S/C14H14BrN3O5/c1-22-12-5-9(7-19)4-11(15)14(12)23-8-10-6-18(17-16-10)3-2-13(20)21/h4-7H,2-3,8H2,1H3,(H,20,21). The van der Waals surface area contributed by atoms with Gasteiger partial charge in [0.15, 0.2) is 11.5 Å². The minimum Gasteiger partial charge on any atom is -0.493 e. The minimum absolute atomic E-state index is 0.0316. The number of rotatable bonds is 8. The summed E-state index contributed by atoms with van der Waals surface area (Å²) in [6, 6.07) is 3.19. The van der Waals surface area contributed by atoms with E-state index < -0.39 is 5.97 Å². The van der Waals surface area contributed by atoms with Crippen molar-refractivity contribution in [1.29, 1.82) is 0 Å². The van der Waals surface area contributed by atoms with Gasteiger partial charge in [0.2, 0.25) is 0 Å². The quantitative estimate of drug-likeness (QED) is 0.694. The monoisotopic (exact) mass is 383 g/mol. The normalized spacial score (nSPS) is 10.3. The fourth-order valence-corrected chi connectivity index (χ4v) is 2.39. The van der Waals surface area contributed by atoms with Crippen LogP contribution in [0.3, 0.4) is 0 Å². The third-order valence-electron chi connectivity index (χ3n) is 2.89. The Hall–Kier alpha value is -2.42. The summed E-state index contributed by atoms with van der Waals surface area (Å²) in [7, 11) is 1.48. The minimum atomic E-state index is -0.901. The van der Waals surface area contributed by atoms with E-state index in [9.17, 15) is 9.59 Å². The number of aromatic nitrogens is 3. The molecule has 0 aliphatic rings. The van der Waals surface area contributed by atoms with Crippen LogP contribution in [0.4, 0.5) is 0 Å². The highest BCUT2D eigenvalue weighted by atomic mass is 79.9. The molecule has 0 fully saturated rings. The van der Waals surface area contributed by atoms with Crippen LogP contribution >= 0.6 is 15.9 Å². The molecule has 122 valence electrons. The van der Waals surface area contributed by atoms with Crippen molar-refractivity contribution in [3.8, 4) is 11.5 Å². The predicted molar refractivity (Wildman–Crippen MR) is 82.7 cm³/mol. The maximum Gasteiger partial charge on any atom is 0.305 e. The highest BCUT2D eigenvalue weighted by molar-refractivity contribution is 9.10. The van der Waals surface area contributed by atoms with Crippen LogP contribution in [0, 0.1) is 0 Å². The van der Waals surface area contributed by atoms with Gasteiger partial charge in [-0.3, -0.25) is 14.3 Å². The molecule has 0 bridgehead atoms. The molecule has 1 aromatic carbocycles. The SMILES string of the molecule is COc1cc(C=O)cc(Br)c1OCc1cn(CCC(=O)O)nn1. The molecular formula is C14H14BrN3O5. The fourth-order valence-electron chi connectivity index (χ4n) is 1.82. The van der Waals surface area contributed by atoms with E-state index in [1.165, 1.54) is 11.8 Å². The summed E-state index contributed by atoms with van der Waals surface area (Å²) in [6.45, 7) is 0.367. The van der Waals surface area contributed by atoms with Crippen LogP contribution in [0.5, 0.6) is 11.5 Å². The first-order chi connectivity index (χ1) is 11.0. The van der Waals surface area contributed by atoms with Gasteiger partial charge in [-0.15, -0.1) is 5.10 Å². The number of carbonyl (C=O) groups is 2. The topological polar surface area (TPSA) is 104 Å². The van der Waals surface area contributed by atoms with Crippen molar-refractivity contribution in [2.75, 3.05) is 7.11 Å². The highest BCUT2D eigenvalue weighted by Gasteiger charge is 2.13. The van der Waals surface area contributed by atoms with Gasteiger partial charge >= 0.3 is 5.97 Å². The molecule has 0 spiro atoms. The summed E-state index contributed by atoms with van der Waals surface area (Å²) >= 11 is 3.33. The lowest BCUT2D eigenvalue weighted by molar-refractivity contribution is -0.137. The number of aldehydes is 1. The van der Waals surface area contributed by atoms with Gasteiger partial charge in [-0.05, 0) is 28.1 Å². The predicted octanol–water partition coefficient (Wildman–Crippen LogP) is 1.92. The lowest BCUT2D eigenvalue weighted by Crippen LogP contribution is -2.04. The van der Waals surface area contributed by atoms with E-state index in [1.54, 1.807) is 18.3 Å². The maximum absolute atomic E-state index is 10.8. The number of methoxy groups -OCH3 is 1. The van der Waals surface area contributed by atoms with Crippen molar-refractivity contribution in [2.45, 2.75) is 19.6 Å². The molecule has 2 aromatic rings. The van der Waals surface area contributed by atoms with E-state index in [2.05, 4.69) is 26.2 Å². The second-order valence-electron chi connectivity index (χ2n) is 4.56. The van der Waals surface area contributed by atoms with Crippen LogP contribution in [0.1, 0.15) is 22.5 Å². The average Bonchev–Trinajstić information content (AvgIpc) is 2.98. The first-order valence-electron chi connectivity index (χ1n) is 6.59. The number of benzene rings is 1. The van der Waals surface area contributed by atoms with Gasteiger partial charge in [0.05, 0.1) is 30.7 Å². The van der Waals surface area contributed by atoms with Crippen molar-refractivity contribution in [2.24, 2.45) is 0 Å². The number of hydrogen-bond acceptors (Lipinski definition) is 6. The third-order valence-corrected chi connectivity index (χ3v) is 3.48. The summed E-state index contributed by atoms with van der Waals surface area (Å²) in [5, 5.41) is 16.4. The number of carboxylic acids is 1. The molecule has 0 amide bonds. The number of carbonyl (C=O) groups excluding carboxylic acids is 1. The molecule has 2 rings (SSSR count). The van der Waals surface area contributed by atoms with Crippen LogP contribution in [-0.4, -0.2) is 39.5 Å². The van der Waals surface area contributed by atoms with Gasteiger partial charge < -0.3 is 14.6 Å². The molecule has 23 heavy (non-hydrogen) atoms. The zero-order valence-electron chi connectivity index (χ0n) is 12.2. The Morgan fingerprint density at radius 2 is 2.26 bits per heavy atom. The van der Waals surface area contributed by atoms with Gasteiger partial charge in [0.25, 0.3) is 0 Å². The Kier molecular flexibility index (Phi) is 5.69. The van der Waals surface area contributed by atoms with Gasteiger partial charge in [-0.2, -0.15) is 0 Å². The van der Waals surface area contributed by atoms with E-state index in [-0.39, 0.29) is 19.6 Å². The van der Waals surface area contributed by atoms with Crippen LogP contribution in [0.25, 0.3) is 0 Å². The van der Waals surface area contributed by atoms with Crippen molar-refractivity contribution in [3.05, 3.63) is 34.1 Å². The van der Waals surface area contributed by atoms with Crippen molar-refractivity contribution in [1.82, 2.24) is 15.0 Å². The smallest absolute Gasteiger partial charge is 0.305 e. The van der Waals surface area contributed by atoms with Gasteiger partial charge in [-0.25, -0.2) is 0 Å². The number of carboxylic acid groups (broad SMARTS) is 1. The zero-order chi connectivity index (χ0) is 16.8. The largest absolute Gasteiger partial charge is 0.493 e. The lowest BCUT2D eigenvalue weighted by Gasteiger charge is -2.12. The molecule has 1 heterocycles. The summed E-state index contributed by atoms with van der Waals surface area (Å²) < 4.78 is 12.9. The summed E-state index contributed by atoms with van der Waals surface area (Å²) in [5.74, 6) is -0.0415. The molecule has 0 saturated carbocycles. The summed E-state index contributed by atoms with van der Waals surface area (Å²) in [4.78, 5) is 21.4. The molecule has 9 heteroatoms. The molecule has 0 aliphatic carbocycles. The highest BCUT2D eigenvalue weighted by Crippen LogP contribution is 2.36. The molecule has 1 N–H and O–H groups in total. The van der Waals surface area contributed by atoms with Crippen LogP contribution in [0.2, 0.25) is 0 Å². The molecule has 0 saturated heterocycles. The van der Waals surface area contributed by atoms with Gasteiger partial charge in [0, 0.05) is 5.56 Å². The number of aliphatic carboxylic acids is 1. The van der Waals surface area contributed by atoms with Gasteiger partial charge in [-0.1, -0.05) is 5.21 Å². The van der Waals surface area contributed by atoms with Crippen LogP contribution in [-0.2, 0) is 17.9 Å². The third kappa shape index (κ3) is 4.52. The number of hydrogen-bond donors (Lipinski definition) is 1. The Labute approximate surface area is 140 Å². The second-order valence-corrected chi connectivity index (χ2v) is 5.41. The number of halogens is 1. The van der Waals surface area contributed by atoms with E-state index in [1.807, 2.05) is 0 Å². The lowest BCUT2D eigenvalue weighted by atomic mass is 10.2. The number of aryl methyl sites for hydroxylation is 1. The maximum atomic E-state index is 10.8. The van der Waals surface area contributed by atoms with E-state index in [0.29, 0.717) is 33.5 Å². The summed E-state index contributed by atoms with van der Waals surface area (Å²) in [6.07, 6.45) is 2.30. The van der Waals surface area contributed by atoms with E-state index in [0.717, 1.165) is 0 Å². The fraction of sp³-hybridized carbons (Fsp3) is 0.286. The average molecular weight is 384 g/mol. The van der Waals surface area contributed by atoms with Crippen LogP contribution in [0.15, 0.2) is 22.8 Å². The Morgan fingerprint density at radius 1 is 1.48 bits per heavy atom. The molecule has 0 radical (unpaired) electrons. The van der Waals surface area contributed by atoms with Gasteiger partial charge in [0.1, 0.15) is 18.6 Å². The molecule has 8 nitrogen and oxygen atoms in total. The molecule has 0 aliphatic heterocycles. The first-order valence-corrected chi connectivity index (χ1v) is 7.39. The molecule has 1 aromatic heterocycles.